The maximum absolute atomic E-state index is 11.9. The Morgan fingerprint density at radius 3 is 2.74 bits per heavy atom. The number of hydrogen-bond donors (Lipinski definition) is 2. The van der Waals surface area contributed by atoms with Crippen LogP contribution in [0.15, 0.2) is 0 Å². The molecule has 0 radical (unpaired) electrons. The van der Waals surface area contributed by atoms with Crippen LogP contribution in [0.1, 0.15) is 58.3 Å². The van der Waals surface area contributed by atoms with E-state index in [1.54, 1.807) is 0 Å². The number of methoxy groups -OCH3 is 1. The maximum atomic E-state index is 11.9. The molecule has 2 saturated heterocycles. The van der Waals surface area contributed by atoms with Crippen molar-refractivity contribution in [3.05, 3.63) is 0 Å². The zero-order valence-electron chi connectivity index (χ0n) is 16.5. The molecule has 0 aromatic rings. The summed E-state index contributed by atoms with van der Waals surface area (Å²) in [6, 6.07) is 0.671. The Labute approximate surface area is 166 Å². The van der Waals surface area contributed by atoms with Gasteiger partial charge < -0.3 is 20.3 Å². The molecule has 7 nitrogen and oxygen atoms in total. The lowest BCUT2D eigenvalue weighted by molar-refractivity contribution is -0.140. The van der Waals surface area contributed by atoms with Gasteiger partial charge in [0.1, 0.15) is 0 Å². The highest BCUT2D eigenvalue weighted by Crippen LogP contribution is 2.37. The maximum Gasteiger partial charge on any atom is 0.318 e. The Morgan fingerprint density at radius 2 is 2.00 bits per heavy atom. The molecule has 2 rings (SSSR count). The minimum Gasteiger partial charge on any atom is -0.469 e. The number of nitrogens with one attached hydrogen (secondary N) is 2. The molecule has 8 heteroatoms. The van der Waals surface area contributed by atoms with Crippen molar-refractivity contribution >= 4 is 29.7 Å². The number of urea groups is 1. The molecule has 3 amide bonds. The van der Waals surface area contributed by atoms with Crippen LogP contribution in [0.25, 0.3) is 0 Å². The van der Waals surface area contributed by atoms with E-state index < -0.39 is 0 Å². The van der Waals surface area contributed by atoms with E-state index >= 15 is 0 Å². The number of esters is 1. The number of rotatable bonds is 12. The molecule has 0 aromatic heterocycles. The van der Waals surface area contributed by atoms with Crippen molar-refractivity contribution in [3.8, 4) is 0 Å². The Hall–Kier alpha value is -1.44. The first-order chi connectivity index (χ1) is 13.1. The summed E-state index contributed by atoms with van der Waals surface area (Å²) in [5.41, 5.74) is 0. The van der Waals surface area contributed by atoms with E-state index in [4.69, 9.17) is 0 Å². The normalized spacial score (nSPS) is 23.9. The largest absolute Gasteiger partial charge is 0.469 e. The minimum atomic E-state index is -0.175. The molecule has 1 unspecified atom stereocenters. The zero-order valence-corrected chi connectivity index (χ0v) is 17.3. The van der Waals surface area contributed by atoms with Crippen LogP contribution < -0.4 is 10.6 Å². The number of nitrogens with zero attached hydrogens (tertiary/aromatic N) is 1. The first kappa shape index (κ1) is 21.9. The van der Waals surface area contributed by atoms with Gasteiger partial charge in [-0.3, -0.25) is 9.59 Å². The lowest BCUT2D eigenvalue weighted by Crippen LogP contribution is -2.40. The Balaban J connectivity index is 1.51. The van der Waals surface area contributed by atoms with Crippen molar-refractivity contribution in [1.82, 2.24) is 15.5 Å². The number of thioether (sulfide) groups is 1. The number of carbonyl (C=O) groups excluding carboxylic acids is 3. The fourth-order valence-corrected chi connectivity index (χ4v) is 5.44. The first-order valence-corrected chi connectivity index (χ1v) is 11.1. The molecule has 2 N–H and O–H groups in total. The molecular weight excluding hydrogens is 366 g/mol. The lowest BCUT2D eigenvalue weighted by atomic mass is 10.0. The molecule has 2 aliphatic rings. The smallest absolute Gasteiger partial charge is 0.318 e. The van der Waals surface area contributed by atoms with Crippen molar-refractivity contribution < 1.29 is 19.1 Å². The van der Waals surface area contributed by atoms with Gasteiger partial charge in [-0.05, 0) is 32.6 Å². The van der Waals surface area contributed by atoms with Crippen LogP contribution in [0.3, 0.4) is 0 Å². The minimum absolute atomic E-state index is 0.0729. The summed E-state index contributed by atoms with van der Waals surface area (Å²) in [6.07, 6.45) is 6.56. The van der Waals surface area contributed by atoms with Crippen LogP contribution in [0, 0.1) is 0 Å². The summed E-state index contributed by atoms with van der Waals surface area (Å²) in [5, 5.41) is 6.51. The van der Waals surface area contributed by atoms with Gasteiger partial charge in [0, 0.05) is 36.9 Å². The summed E-state index contributed by atoms with van der Waals surface area (Å²) in [7, 11) is 1.40. The lowest BCUT2D eigenvalue weighted by Gasteiger charge is -2.26. The van der Waals surface area contributed by atoms with Crippen molar-refractivity contribution in [2.45, 2.75) is 75.6 Å². The fourth-order valence-electron chi connectivity index (χ4n) is 3.83. The van der Waals surface area contributed by atoms with Gasteiger partial charge in [-0.1, -0.05) is 12.8 Å². The summed E-state index contributed by atoms with van der Waals surface area (Å²) in [5.74, 6) is 0.923. The number of ether oxygens (including phenoxy) is 1. The predicted molar refractivity (Wildman–Crippen MR) is 107 cm³/mol. The number of likely N-dealkylation sites (N-methyl/N-ethyl adjacent to an activating group) is 1. The number of hydrogen-bond acceptors (Lipinski definition) is 5. The Morgan fingerprint density at radius 1 is 1.22 bits per heavy atom. The highest BCUT2D eigenvalue weighted by Gasteiger charge is 2.47. The molecule has 2 fully saturated rings. The van der Waals surface area contributed by atoms with Crippen LogP contribution >= 0.6 is 11.8 Å². The highest BCUT2D eigenvalue weighted by atomic mass is 32.2. The van der Waals surface area contributed by atoms with E-state index in [1.807, 2.05) is 23.6 Å². The van der Waals surface area contributed by atoms with Crippen molar-refractivity contribution in [2.75, 3.05) is 26.0 Å². The molecule has 0 spiro atoms. The average molecular weight is 400 g/mol. The van der Waals surface area contributed by atoms with E-state index in [1.165, 1.54) is 7.11 Å². The summed E-state index contributed by atoms with van der Waals surface area (Å²) in [6.45, 7) is 3.45. The van der Waals surface area contributed by atoms with Crippen LogP contribution in [0.4, 0.5) is 4.79 Å². The molecule has 0 bridgehead atoms. The van der Waals surface area contributed by atoms with Crippen molar-refractivity contribution in [2.24, 2.45) is 0 Å². The topological polar surface area (TPSA) is 87.7 Å². The SMILES string of the molecule is CCN1C(=O)NC2CS[C@@H](CCCCC(=O)NCCCCCC(=O)OC)[C@H]21. The van der Waals surface area contributed by atoms with Gasteiger partial charge in [0.05, 0.1) is 19.2 Å². The molecule has 2 aliphatic heterocycles. The molecular formula is C19H33N3O4S. The number of amides is 3. The van der Waals surface area contributed by atoms with E-state index in [2.05, 4.69) is 15.4 Å². The Kier molecular flexibility index (Phi) is 9.24. The summed E-state index contributed by atoms with van der Waals surface area (Å²) < 4.78 is 4.59. The second kappa shape index (κ2) is 11.4. The average Bonchev–Trinajstić information content (AvgIpc) is 3.19. The summed E-state index contributed by atoms with van der Waals surface area (Å²) >= 11 is 1.95. The predicted octanol–water partition coefficient (Wildman–Crippen LogP) is 2.29. The van der Waals surface area contributed by atoms with Crippen LogP contribution in [-0.4, -0.2) is 66.1 Å². The molecule has 27 heavy (non-hydrogen) atoms. The van der Waals surface area contributed by atoms with Gasteiger partial charge >= 0.3 is 12.0 Å². The summed E-state index contributed by atoms with van der Waals surface area (Å²) in [4.78, 5) is 36.8. The van der Waals surface area contributed by atoms with Crippen LogP contribution in [-0.2, 0) is 14.3 Å². The standard InChI is InChI=1S/C19H33N3O4S/c1-3-22-18-14(21-19(22)25)13-27-15(18)9-6-7-10-16(23)20-12-8-4-5-11-17(24)26-2/h14-15,18H,3-13H2,1-2H3,(H,20,23)(H,21,25)/t14?,15-,18-/m0/s1. The monoisotopic (exact) mass is 399 g/mol. The third-order valence-corrected chi connectivity index (χ3v) is 6.80. The second-order valence-corrected chi connectivity index (χ2v) is 8.46. The number of carbonyl (C=O) groups is 3. The van der Waals surface area contributed by atoms with Gasteiger partial charge in [-0.2, -0.15) is 11.8 Å². The third kappa shape index (κ3) is 6.59. The third-order valence-electron chi connectivity index (χ3n) is 5.30. The quantitative estimate of drug-likeness (QED) is 0.299. The van der Waals surface area contributed by atoms with Gasteiger partial charge in [0.15, 0.2) is 0 Å². The van der Waals surface area contributed by atoms with Crippen molar-refractivity contribution in [1.29, 1.82) is 0 Å². The van der Waals surface area contributed by atoms with Gasteiger partial charge in [0.2, 0.25) is 5.91 Å². The number of fused-ring (bicyclic) bond motifs is 1. The van der Waals surface area contributed by atoms with E-state index in [-0.39, 0.29) is 23.9 Å². The molecule has 3 atom stereocenters. The molecule has 0 aliphatic carbocycles. The number of unbranched alkanes of at least 4 members (excludes halogenated alkanes) is 3. The van der Waals surface area contributed by atoms with Gasteiger partial charge in [-0.25, -0.2) is 4.79 Å². The zero-order chi connectivity index (χ0) is 19.6. The van der Waals surface area contributed by atoms with Crippen LogP contribution in [0.2, 0.25) is 0 Å². The molecule has 0 aromatic carbocycles. The molecule has 154 valence electrons. The van der Waals surface area contributed by atoms with Gasteiger partial charge in [0.25, 0.3) is 0 Å². The van der Waals surface area contributed by atoms with E-state index in [0.717, 1.165) is 50.8 Å². The Bertz CT molecular complexity index is 517. The van der Waals surface area contributed by atoms with E-state index in [0.29, 0.717) is 30.7 Å². The fraction of sp³-hybridized carbons (Fsp3) is 0.842. The molecule has 2 heterocycles. The van der Waals surface area contributed by atoms with Crippen LogP contribution in [0.5, 0.6) is 0 Å². The van der Waals surface area contributed by atoms with E-state index in [9.17, 15) is 14.4 Å². The second-order valence-electron chi connectivity index (χ2n) is 7.19. The highest BCUT2D eigenvalue weighted by molar-refractivity contribution is 8.00. The van der Waals surface area contributed by atoms with Crippen molar-refractivity contribution in [3.63, 3.8) is 0 Å². The molecule has 0 saturated carbocycles. The first-order valence-electron chi connectivity index (χ1n) is 10.1. The van der Waals surface area contributed by atoms with Gasteiger partial charge in [-0.15, -0.1) is 0 Å².